The van der Waals surface area contributed by atoms with E-state index in [9.17, 15) is 0 Å². The van der Waals surface area contributed by atoms with E-state index in [0.717, 1.165) is 18.3 Å². The fourth-order valence-corrected chi connectivity index (χ4v) is 5.14. The van der Waals surface area contributed by atoms with E-state index in [2.05, 4.69) is 117 Å². The van der Waals surface area contributed by atoms with Crippen LogP contribution >= 0.6 is 0 Å². The van der Waals surface area contributed by atoms with Gasteiger partial charge in [-0.25, -0.2) is 0 Å². The number of para-hydroxylation sites is 2. The Hall–Kier alpha value is -3.08. The smallest absolute Gasteiger partial charge is 0.399 e. The van der Waals surface area contributed by atoms with Crippen molar-refractivity contribution in [3.8, 4) is 5.69 Å². The SMILES string of the molecule is CC1(C)OB(c2ccc3c(c2)c2cccc(C4=CC=CCC4)c2n3-c2ccccc2)OC1(C)C. The summed E-state index contributed by atoms with van der Waals surface area (Å²) in [5.41, 5.74) is 6.65. The molecule has 1 aliphatic heterocycles. The lowest BCUT2D eigenvalue weighted by Crippen LogP contribution is -2.41. The third-order valence-corrected chi connectivity index (χ3v) is 7.71. The van der Waals surface area contributed by atoms with E-state index in [1.807, 2.05) is 0 Å². The van der Waals surface area contributed by atoms with Gasteiger partial charge in [0.15, 0.2) is 0 Å². The second kappa shape index (κ2) is 7.73. The lowest BCUT2D eigenvalue weighted by molar-refractivity contribution is 0.00578. The van der Waals surface area contributed by atoms with Crippen molar-refractivity contribution in [2.24, 2.45) is 0 Å². The minimum atomic E-state index is -0.376. The topological polar surface area (TPSA) is 23.4 Å². The number of hydrogen-bond donors (Lipinski definition) is 0. The highest BCUT2D eigenvalue weighted by molar-refractivity contribution is 6.62. The van der Waals surface area contributed by atoms with Crippen LogP contribution in [0.2, 0.25) is 0 Å². The summed E-state index contributed by atoms with van der Waals surface area (Å²) < 4.78 is 15.2. The number of hydrogen-bond acceptors (Lipinski definition) is 2. The standard InChI is InChI=1S/C30H30BNO2/c1-29(2)30(3,4)34-31(33-29)22-18-19-27-26(20-22)25-17-11-16-24(21-12-7-5-8-13-21)28(25)32(27)23-14-9-6-10-15-23/h5-7,9-12,14-20H,8,13H2,1-4H3. The average Bonchev–Trinajstić information content (AvgIpc) is 3.29. The second-order valence-corrected chi connectivity index (χ2v) is 10.4. The Morgan fingerprint density at radius 2 is 1.59 bits per heavy atom. The van der Waals surface area contributed by atoms with Gasteiger partial charge < -0.3 is 13.9 Å². The van der Waals surface area contributed by atoms with Crippen LogP contribution in [0.5, 0.6) is 0 Å². The Bertz CT molecular complexity index is 1440. The summed E-state index contributed by atoms with van der Waals surface area (Å²) in [5.74, 6) is 0. The largest absolute Gasteiger partial charge is 0.494 e. The molecule has 0 unspecified atom stereocenters. The maximum absolute atomic E-state index is 6.38. The first-order valence-electron chi connectivity index (χ1n) is 12.2. The van der Waals surface area contributed by atoms with Gasteiger partial charge in [0, 0.05) is 22.0 Å². The molecule has 0 atom stereocenters. The first-order valence-corrected chi connectivity index (χ1v) is 12.2. The second-order valence-electron chi connectivity index (χ2n) is 10.4. The van der Waals surface area contributed by atoms with E-state index < -0.39 is 0 Å². The van der Waals surface area contributed by atoms with Crippen LogP contribution in [-0.2, 0) is 9.31 Å². The van der Waals surface area contributed by atoms with Crippen LogP contribution in [-0.4, -0.2) is 22.9 Å². The van der Waals surface area contributed by atoms with Crippen LogP contribution in [0.3, 0.4) is 0 Å². The lowest BCUT2D eigenvalue weighted by atomic mass is 9.78. The summed E-state index contributed by atoms with van der Waals surface area (Å²) in [5, 5.41) is 2.48. The number of allylic oxidation sites excluding steroid dienone is 4. The Morgan fingerprint density at radius 1 is 0.824 bits per heavy atom. The molecule has 6 rings (SSSR count). The van der Waals surface area contributed by atoms with Crippen molar-refractivity contribution in [2.45, 2.75) is 51.7 Å². The van der Waals surface area contributed by atoms with E-state index in [-0.39, 0.29) is 18.3 Å². The zero-order valence-corrected chi connectivity index (χ0v) is 20.3. The summed E-state index contributed by atoms with van der Waals surface area (Å²) in [6.07, 6.45) is 8.84. The highest BCUT2D eigenvalue weighted by Gasteiger charge is 2.51. The molecule has 1 fully saturated rings. The maximum Gasteiger partial charge on any atom is 0.494 e. The van der Waals surface area contributed by atoms with Gasteiger partial charge in [-0.15, -0.1) is 0 Å². The van der Waals surface area contributed by atoms with Crippen LogP contribution in [0.15, 0.2) is 85.0 Å². The molecule has 0 spiro atoms. The normalized spacial score (nSPS) is 19.2. The van der Waals surface area contributed by atoms with E-state index >= 15 is 0 Å². The lowest BCUT2D eigenvalue weighted by Gasteiger charge is -2.32. The van der Waals surface area contributed by atoms with Gasteiger partial charge in [0.05, 0.1) is 22.2 Å². The van der Waals surface area contributed by atoms with E-state index in [4.69, 9.17) is 9.31 Å². The predicted molar refractivity (Wildman–Crippen MR) is 143 cm³/mol. The summed E-state index contributed by atoms with van der Waals surface area (Å²) >= 11 is 0. The molecule has 4 aromatic rings. The highest BCUT2D eigenvalue weighted by atomic mass is 16.7. The third kappa shape index (κ3) is 3.28. The Morgan fingerprint density at radius 3 is 2.29 bits per heavy atom. The Kier molecular flexibility index (Phi) is 4.88. The van der Waals surface area contributed by atoms with Crippen LogP contribution in [0, 0.1) is 0 Å². The molecule has 1 aliphatic carbocycles. The van der Waals surface area contributed by atoms with Gasteiger partial charge in [-0.3, -0.25) is 0 Å². The van der Waals surface area contributed by atoms with Crippen LogP contribution < -0.4 is 5.46 Å². The Balaban J connectivity index is 1.61. The molecule has 0 radical (unpaired) electrons. The first kappa shape index (κ1) is 21.5. The molecule has 1 saturated heterocycles. The van der Waals surface area contributed by atoms with Crippen LogP contribution in [0.4, 0.5) is 0 Å². The molecule has 0 saturated carbocycles. The van der Waals surface area contributed by atoms with Crippen molar-refractivity contribution in [3.63, 3.8) is 0 Å². The van der Waals surface area contributed by atoms with Gasteiger partial charge in [0.1, 0.15) is 0 Å². The molecule has 3 nitrogen and oxygen atoms in total. The van der Waals surface area contributed by atoms with Crippen molar-refractivity contribution in [1.29, 1.82) is 0 Å². The molecule has 1 aromatic heterocycles. The number of aromatic nitrogens is 1. The molecule has 0 N–H and O–H groups in total. The van der Waals surface area contributed by atoms with E-state index in [1.165, 1.54) is 38.6 Å². The first-order chi connectivity index (χ1) is 16.4. The van der Waals surface area contributed by atoms with Crippen LogP contribution in [0.1, 0.15) is 46.1 Å². The summed E-state index contributed by atoms with van der Waals surface area (Å²) in [7, 11) is -0.376. The number of nitrogens with zero attached hydrogens (tertiary/aromatic N) is 1. The van der Waals surface area contributed by atoms with Crippen molar-refractivity contribution in [1.82, 2.24) is 4.57 Å². The van der Waals surface area contributed by atoms with E-state index in [1.54, 1.807) is 0 Å². The minimum Gasteiger partial charge on any atom is -0.399 e. The number of rotatable bonds is 3. The molecule has 34 heavy (non-hydrogen) atoms. The molecule has 2 heterocycles. The monoisotopic (exact) mass is 447 g/mol. The fraction of sp³-hybridized carbons (Fsp3) is 0.267. The quantitative estimate of drug-likeness (QED) is 0.322. The molecule has 170 valence electrons. The van der Waals surface area contributed by atoms with Crippen molar-refractivity contribution in [3.05, 3.63) is 90.5 Å². The molecule has 0 bridgehead atoms. The van der Waals surface area contributed by atoms with Crippen molar-refractivity contribution < 1.29 is 9.31 Å². The minimum absolute atomic E-state index is 0.362. The average molecular weight is 447 g/mol. The van der Waals surface area contributed by atoms with Crippen LogP contribution in [0.25, 0.3) is 33.1 Å². The van der Waals surface area contributed by atoms with Gasteiger partial charge in [-0.1, -0.05) is 66.8 Å². The van der Waals surface area contributed by atoms with Crippen molar-refractivity contribution >= 4 is 40.0 Å². The van der Waals surface area contributed by atoms with Gasteiger partial charge >= 0.3 is 7.12 Å². The Labute approximate surface area is 201 Å². The number of fused-ring (bicyclic) bond motifs is 3. The highest BCUT2D eigenvalue weighted by Crippen LogP contribution is 2.39. The maximum atomic E-state index is 6.38. The van der Waals surface area contributed by atoms with Gasteiger partial charge in [0.2, 0.25) is 0 Å². The zero-order valence-electron chi connectivity index (χ0n) is 20.3. The van der Waals surface area contributed by atoms with Gasteiger partial charge in [0.25, 0.3) is 0 Å². The van der Waals surface area contributed by atoms with Gasteiger partial charge in [-0.05, 0) is 69.8 Å². The van der Waals surface area contributed by atoms with E-state index in [0.29, 0.717) is 0 Å². The summed E-state index contributed by atoms with van der Waals surface area (Å²) in [4.78, 5) is 0. The predicted octanol–water partition coefficient (Wildman–Crippen LogP) is 6.82. The summed E-state index contributed by atoms with van der Waals surface area (Å²) in [6.45, 7) is 8.41. The third-order valence-electron chi connectivity index (χ3n) is 7.71. The van der Waals surface area contributed by atoms with Crippen molar-refractivity contribution in [2.75, 3.05) is 0 Å². The zero-order chi connectivity index (χ0) is 23.5. The fourth-order valence-electron chi connectivity index (χ4n) is 5.14. The van der Waals surface area contributed by atoms with Gasteiger partial charge in [-0.2, -0.15) is 0 Å². The molecular formula is C30H30BNO2. The molecule has 2 aliphatic rings. The molecule has 4 heteroatoms. The summed E-state index contributed by atoms with van der Waals surface area (Å²) in [6, 6.07) is 24.0. The number of benzene rings is 3. The molecular weight excluding hydrogens is 417 g/mol. The molecule has 0 amide bonds. The molecule has 3 aromatic carbocycles.